The fraction of sp³-hybridized carbons (Fsp3) is 0.333. The average molecular weight is 232 g/mol. The Bertz CT molecular complexity index is 549. The Morgan fingerprint density at radius 2 is 2.18 bits per heavy atom. The predicted molar refractivity (Wildman–Crippen MR) is 61.7 cm³/mol. The highest BCUT2D eigenvalue weighted by Crippen LogP contribution is 2.21. The zero-order valence-electron chi connectivity index (χ0n) is 9.31. The normalized spacial score (nSPS) is 19.1. The highest BCUT2D eigenvalue weighted by molar-refractivity contribution is 5.55. The maximum atomic E-state index is 13.6. The molecule has 1 aromatic heterocycles. The molecule has 0 spiro atoms. The summed E-state index contributed by atoms with van der Waals surface area (Å²) in [4.78, 5) is 4.37. The van der Waals surface area contributed by atoms with Gasteiger partial charge in [0.2, 0.25) is 0 Å². The number of benzene rings is 1. The molecule has 2 N–H and O–H groups in total. The van der Waals surface area contributed by atoms with E-state index in [2.05, 4.69) is 10.1 Å². The van der Waals surface area contributed by atoms with Gasteiger partial charge in [0, 0.05) is 12.5 Å². The van der Waals surface area contributed by atoms with Crippen LogP contribution in [0.5, 0.6) is 0 Å². The molecule has 2 heterocycles. The van der Waals surface area contributed by atoms with Gasteiger partial charge in [-0.15, -0.1) is 0 Å². The first-order valence-electron chi connectivity index (χ1n) is 5.68. The van der Waals surface area contributed by atoms with Gasteiger partial charge in [0.25, 0.3) is 0 Å². The molecule has 0 radical (unpaired) electrons. The lowest BCUT2D eigenvalue weighted by Gasteiger charge is -2.17. The topological polar surface area (TPSA) is 56.7 Å². The molecule has 1 unspecified atom stereocenters. The standard InChI is InChI=1S/C12H13FN4/c13-10-4-2-1-3-9(10)12-15-11-6-5-8(14)7-17(11)16-12/h1-4,8H,5-7,14H2. The maximum absolute atomic E-state index is 13.6. The highest BCUT2D eigenvalue weighted by Gasteiger charge is 2.20. The minimum Gasteiger partial charge on any atom is -0.326 e. The summed E-state index contributed by atoms with van der Waals surface area (Å²) >= 11 is 0. The van der Waals surface area contributed by atoms with Crippen LogP contribution in [0.3, 0.4) is 0 Å². The Balaban J connectivity index is 2.03. The summed E-state index contributed by atoms with van der Waals surface area (Å²) in [6.07, 6.45) is 1.72. The summed E-state index contributed by atoms with van der Waals surface area (Å²) < 4.78 is 15.4. The fourth-order valence-corrected chi connectivity index (χ4v) is 2.09. The summed E-state index contributed by atoms with van der Waals surface area (Å²) in [6, 6.07) is 6.67. The first kappa shape index (κ1) is 10.4. The average Bonchev–Trinajstić information content (AvgIpc) is 2.72. The Morgan fingerprint density at radius 3 is 3.00 bits per heavy atom. The van der Waals surface area contributed by atoms with Crippen LogP contribution < -0.4 is 5.73 Å². The predicted octanol–water partition coefficient (Wildman–Crippen LogP) is 1.36. The summed E-state index contributed by atoms with van der Waals surface area (Å²) in [5, 5.41) is 4.32. The van der Waals surface area contributed by atoms with E-state index < -0.39 is 0 Å². The van der Waals surface area contributed by atoms with Crippen LogP contribution >= 0.6 is 0 Å². The number of nitrogens with two attached hydrogens (primary N) is 1. The van der Waals surface area contributed by atoms with Gasteiger partial charge in [0.15, 0.2) is 5.82 Å². The van der Waals surface area contributed by atoms with E-state index in [0.717, 1.165) is 18.7 Å². The van der Waals surface area contributed by atoms with Crippen molar-refractivity contribution in [2.45, 2.75) is 25.4 Å². The van der Waals surface area contributed by atoms with Crippen molar-refractivity contribution in [3.63, 3.8) is 0 Å². The number of rotatable bonds is 1. The van der Waals surface area contributed by atoms with Gasteiger partial charge in [-0.3, -0.25) is 0 Å². The lowest BCUT2D eigenvalue weighted by molar-refractivity contribution is 0.422. The van der Waals surface area contributed by atoms with E-state index in [1.807, 2.05) is 0 Å². The van der Waals surface area contributed by atoms with Gasteiger partial charge < -0.3 is 5.73 Å². The van der Waals surface area contributed by atoms with Crippen LogP contribution in [0.25, 0.3) is 11.4 Å². The minimum atomic E-state index is -0.292. The molecule has 0 saturated carbocycles. The van der Waals surface area contributed by atoms with E-state index >= 15 is 0 Å². The largest absolute Gasteiger partial charge is 0.326 e. The van der Waals surface area contributed by atoms with Gasteiger partial charge in [0.1, 0.15) is 11.6 Å². The van der Waals surface area contributed by atoms with E-state index in [9.17, 15) is 4.39 Å². The number of hydrogen-bond donors (Lipinski definition) is 1. The third-order valence-electron chi connectivity index (χ3n) is 3.01. The Kier molecular flexibility index (Phi) is 2.40. The Labute approximate surface area is 98.3 Å². The van der Waals surface area contributed by atoms with E-state index in [1.54, 1.807) is 22.9 Å². The number of aromatic nitrogens is 3. The van der Waals surface area contributed by atoms with E-state index in [-0.39, 0.29) is 11.9 Å². The molecule has 1 aromatic carbocycles. The summed E-state index contributed by atoms with van der Waals surface area (Å²) in [7, 11) is 0. The van der Waals surface area contributed by atoms with Crippen LogP contribution in [0, 0.1) is 5.82 Å². The first-order valence-corrected chi connectivity index (χ1v) is 5.68. The second kappa shape index (κ2) is 3.92. The molecule has 88 valence electrons. The molecule has 0 amide bonds. The number of hydrogen-bond acceptors (Lipinski definition) is 3. The van der Waals surface area contributed by atoms with Gasteiger partial charge in [-0.25, -0.2) is 14.1 Å². The maximum Gasteiger partial charge on any atom is 0.184 e. The number of fused-ring (bicyclic) bond motifs is 1. The van der Waals surface area contributed by atoms with Crippen molar-refractivity contribution in [3.8, 4) is 11.4 Å². The number of aryl methyl sites for hydroxylation is 1. The molecule has 3 rings (SSSR count). The van der Waals surface area contributed by atoms with Crippen molar-refractivity contribution in [2.24, 2.45) is 5.73 Å². The molecule has 1 atom stereocenters. The van der Waals surface area contributed by atoms with Crippen LogP contribution in [0.4, 0.5) is 4.39 Å². The molecule has 0 bridgehead atoms. The molecule has 5 heteroatoms. The molecule has 17 heavy (non-hydrogen) atoms. The summed E-state index contributed by atoms with van der Waals surface area (Å²) in [5.74, 6) is 1.05. The second-order valence-electron chi connectivity index (χ2n) is 4.31. The minimum absolute atomic E-state index is 0.123. The lowest BCUT2D eigenvalue weighted by Crippen LogP contribution is -2.32. The van der Waals surface area contributed by atoms with Crippen molar-refractivity contribution >= 4 is 0 Å². The van der Waals surface area contributed by atoms with Crippen LogP contribution in [0.2, 0.25) is 0 Å². The van der Waals surface area contributed by atoms with Gasteiger partial charge in [-0.05, 0) is 18.6 Å². The molecule has 1 aliphatic rings. The van der Waals surface area contributed by atoms with Crippen LogP contribution in [-0.2, 0) is 13.0 Å². The number of nitrogens with zero attached hydrogens (tertiary/aromatic N) is 3. The van der Waals surface area contributed by atoms with Gasteiger partial charge in [0.05, 0.1) is 12.1 Å². The summed E-state index contributed by atoms with van der Waals surface area (Å²) in [5.41, 5.74) is 6.31. The van der Waals surface area contributed by atoms with Crippen LogP contribution in [0.15, 0.2) is 24.3 Å². The van der Waals surface area contributed by atoms with Gasteiger partial charge in [-0.2, -0.15) is 5.10 Å². The first-order chi connectivity index (χ1) is 8.24. The van der Waals surface area contributed by atoms with Crippen molar-refractivity contribution in [2.75, 3.05) is 0 Å². The Morgan fingerprint density at radius 1 is 1.35 bits per heavy atom. The molecule has 0 fully saturated rings. The van der Waals surface area contributed by atoms with E-state index in [1.165, 1.54) is 6.07 Å². The SMILES string of the molecule is NC1CCc2nc(-c3ccccc3F)nn2C1. The smallest absolute Gasteiger partial charge is 0.184 e. The molecular weight excluding hydrogens is 219 g/mol. The van der Waals surface area contributed by atoms with Crippen LogP contribution in [-0.4, -0.2) is 20.8 Å². The van der Waals surface area contributed by atoms with Crippen molar-refractivity contribution < 1.29 is 4.39 Å². The van der Waals surface area contributed by atoms with Gasteiger partial charge in [-0.1, -0.05) is 12.1 Å². The van der Waals surface area contributed by atoms with Crippen molar-refractivity contribution in [1.29, 1.82) is 0 Å². The molecule has 0 saturated heterocycles. The number of halogens is 1. The third-order valence-corrected chi connectivity index (χ3v) is 3.01. The molecule has 2 aromatic rings. The lowest BCUT2D eigenvalue weighted by atomic mass is 10.1. The monoisotopic (exact) mass is 232 g/mol. The van der Waals surface area contributed by atoms with Crippen molar-refractivity contribution in [1.82, 2.24) is 14.8 Å². The van der Waals surface area contributed by atoms with Crippen molar-refractivity contribution in [3.05, 3.63) is 35.9 Å². The van der Waals surface area contributed by atoms with E-state index in [4.69, 9.17) is 5.73 Å². The zero-order chi connectivity index (χ0) is 11.8. The second-order valence-corrected chi connectivity index (χ2v) is 4.31. The fourth-order valence-electron chi connectivity index (χ4n) is 2.09. The molecule has 4 nitrogen and oxygen atoms in total. The molecule has 1 aliphatic heterocycles. The molecular formula is C12H13FN4. The third kappa shape index (κ3) is 1.82. The quantitative estimate of drug-likeness (QED) is 0.807. The zero-order valence-corrected chi connectivity index (χ0v) is 9.31. The van der Waals surface area contributed by atoms with Gasteiger partial charge >= 0.3 is 0 Å². The van der Waals surface area contributed by atoms with E-state index in [0.29, 0.717) is 17.9 Å². The molecule has 0 aliphatic carbocycles. The Hall–Kier alpha value is -1.75. The highest BCUT2D eigenvalue weighted by atomic mass is 19.1. The van der Waals surface area contributed by atoms with Crippen LogP contribution in [0.1, 0.15) is 12.2 Å². The summed E-state index contributed by atoms with van der Waals surface area (Å²) in [6.45, 7) is 0.663.